The number of ether oxygens (including phenoxy) is 2. The van der Waals surface area contributed by atoms with Crippen LogP contribution in [-0.4, -0.2) is 69.6 Å². The van der Waals surface area contributed by atoms with Crippen LogP contribution >= 0.6 is 0 Å². The molecule has 1 saturated carbocycles. The number of rotatable bonds is 9. The van der Waals surface area contributed by atoms with E-state index in [0.717, 1.165) is 0 Å². The van der Waals surface area contributed by atoms with Gasteiger partial charge in [0.25, 0.3) is 0 Å². The van der Waals surface area contributed by atoms with E-state index in [1.54, 1.807) is 0 Å². The second-order valence-electron chi connectivity index (χ2n) is 5.25. The maximum absolute atomic E-state index is 12.7. The first-order chi connectivity index (χ1) is 9.93. The van der Waals surface area contributed by atoms with Crippen molar-refractivity contribution in [3.8, 4) is 0 Å². The SMILES string of the molecule is COCCN(CCOC)S(=O)(=O)C1CCCC(C(=O)O)C1. The molecule has 1 aliphatic carbocycles. The number of hydrogen-bond donors (Lipinski definition) is 1. The number of hydrogen-bond acceptors (Lipinski definition) is 5. The summed E-state index contributed by atoms with van der Waals surface area (Å²) < 4.78 is 36.6. The zero-order valence-electron chi connectivity index (χ0n) is 12.7. The molecule has 0 radical (unpaired) electrons. The molecule has 0 aliphatic heterocycles. The normalized spacial score (nSPS) is 23.4. The predicted octanol–water partition coefficient (Wildman–Crippen LogP) is 0.554. The van der Waals surface area contributed by atoms with E-state index >= 15 is 0 Å². The van der Waals surface area contributed by atoms with Crippen LogP contribution < -0.4 is 0 Å². The summed E-state index contributed by atoms with van der Waals surface area (Å²) in [5.74, 6) is -1.47. The number of carbonyl (C=O) groups is 1. The first-order valence-corrected chi connectivity index (χ1v) is 8.63. The molecule has 21 heavy (non-hydrogen) atoms. The lowest BCUT2D eigenvalue weighted by atomic mass is 9.89. The maximum Gasteiger partial charge on any atom is 0.306 e. The van der Waals surface area contributed by atoms with Crippen LogP contribution in [0.5, 0.6) is 0 Å². The summed E-state index contributed by atoms with van der Waals surface area (Å²) in [6.45, 7) is 1.13. The van der Waals surface area contributed by atoms with E-state index in [0.29, 0.717) is 32.5 Å². The molecule has 2 unspecified atom stereocenters. The Kier molecular flexibility index (Phi) is 7.58. The van der Waals surface area contributed by atoms with Crippen LogP contribution in [0.15, 0.2) is 0 Å². The highest BCUT2D eigenvalue weighted by atomic mass is 32.2. The van der Waals surface area contributed by atoms with Gasteiger partial charge in [-0.15, -0.1) is 0 Å². The van der Waals surface area contributed by atoms with Crippen molar-refractivity contribution in [3.63, 3.8) is 0 Å². The van der Waals surface area contributed by atoms with Gasteiger partial charge >= 0.3 is 5.97 Å². The second kappa shape index (κ2) is 8.67. The second-order valence-corrected chi connectivity index (χ2v) is 7.47. The molecule has 2 atom stereocenters. The summed E-state index contributed by atoms with van der Waals surface area (Å²) in [7, 11) is -0.493. The first kappa shape index (κ1) is 18.3. The van der Waals surface area contributed by atoms with E-state index < -0.39 is 27.2 Å². The highest BCUT2D eigenvalue weighted by molar-refractivity contribution is 7.89. The van der Waals surface area contributed by atoms with Gasteiger partial charge in [0.05, 0.1) is 24.4 Å². The van der Waals surface area contributed by atoms with Crippen LogP contribution in [-0.2, 0) is 24.3 Å². The molecule has 0 aromatic heterocycles. The van der Waals surface area contributed by atoms with E-state index in [1.165, 1.54) is 18.5 Å². The Labute approximate surface area is 126 Å². The summed E-state index contributed by atoms with van der Waals surface area (Å²) in [5.41, 5.74) is 0. The Hall–Kier alpha value is -0.700. The lowest BCUT2D eigenvalue weighted by molar-refractivity contribution is -0.142. The molecule has 0 heterocycles. The summed E-state index contributed by atoms with van der Waals surface area (Å²) >= 11 is 0. The predicted molar refractivity (Wildman–Crippen MR) is 77.6 cm³/mol. The van der Waals surface area contributed by atoms with Gasteiger partial charge in [0.15, 0.2) is 0 Å². The number of carboxylic acids is 1. The van der Waals surface area contributed by atoms with Gasteiger partial charge in [0, 0.05) is 27.3 Å². The van der Waals surface area contributed by atoms with Gasteiger partial charge in [-0.3, -0.25) is 4.79 Å². The average molecular weight is 323 g/mol. The smallest absolute Gasteiger partial charge is 0.306 e. The van der Waals surface area contributed by atoms with Crippen molar-refractivity contribution in [1.29, 1.82) is 0 Å². The summed E-state index contributed by atoms with van der Waals surface area (Å²) in [4.78, 5) is 11.1. The summed E-state index contributed by atoms with van der Waals surface area (Å²) in [6, 6.07) is 0. The van der Waals surface area contributed by atoms with Gasteiger partial charge < -0.3 is 14.6 Å². The van der Waals surface area contributed by atoms with Crippen molar-refractivity contribution in [3.05, 3.63) is 0 Å². The largest absolute Gasteiger partial charge is 0.481 e. The molecule has 1 N–H and O–H groups in total. The van der Waals surface area contributed by atoms with Crippen LogP contribution in [0, 0.1) is 5.92 Å². The average Bonchev–Trinajstić information content (AvgIpc) is 2.47. The van der Waals surface area contributed by atoms with E-state index in [9.17, 15) is 13.2 Å². The van der Waals surface area contributed by atoms with Gasteiger partial charge in [0.1, 0.15) is 0 Å². The topological polar surface area (TPSA) is 93.1 Å². The Morgan fingerprint density at radius 2 is 1.76 bits per heavy atom. The van der Waals surface area contributed by atoms with Gasteiger partial charge in [-0.2, -0.15) is 4.31 Å². The van der Waals surface area contributed by atoms with Crippen molar-refractivity contribution in [2.45, 2.75) is 30.9 Å². The fourth-order valence-electron chi connectivity index (χ4n) is 2.60. The Balaban J connectivity index is 2.80. The molecule has 1 fully saturated rings. The molecule has 1 aliphatic rings. The lowest BCUT2D eigenvalue weighted by Gasteiger charge is -2.31. The van der Waals surface area contributed by atoms with Gasteiger partial charge in [-0.1, -0.05) is 6.42 Å². The fraction of sp³-hybridized carbons (Fsp3) is 0.923. The number of sulfonamides is 1. The third-order valence-corrected chi connectivity index (χ3v) is 6.20. The highest BCUT2D eigenvalue weighted by Gasteiger charge is 2.37. The molecule has 0 saturated heterocycles. The molecule has 0 amide bonds. The Morgan fingerprint density at radius 1 is 1.19 bits per heavy atom. The molecule has 8 heteroatoms. The minimum atomic E-state index is -3.53. The molecule has 0 spiro atoms. The quantitative estimate of drug-likeness (QED) is 0.666. The van der Waals surface area contributed by atoms with Crippen molar-refractivity contribution < 1.29 is 27.8 Å². The van der Waals surface area contributed by atoms with Crippen LogP contribution in [0.25, 0.3) is 0 Å². The monoisotopic (exact) mass is 323 g/mol. The summed E-state index contributed by atoms with van der Waals surface area (Å²) in [5, 5.41) is 8.47. The number of nitrogens with zero attached hydrogens (tertiary/aromatic N) is 1. The van der Waals surface area contributed by atoms with Crippen LogP contribution in [0.1, 0.15) is 25.7 Å². The number of carboxylic acid groups (broad SMARTS) is 1. The van der Waals surface area contributed by atoms with E-state index in [1.807, 2.05) is 0 Å². The highest BCUT2D eigenvalue weighted by Crippen LogP contribution is 2.30. The maximum atomic E-state index is 12.7. The molecule has 124 valence electrons. The molecule has 1 rings (SSSR count). The van der Waals surface area contributed by atoms with E-state index in [-0.39, 0.29) is 19.5 Å². The van der Waals surface area contributed by atoms with Gasteiger partial charge in [0.2, 0.25) is 10.0 Å². The van der Waals surface area contributed by atoms with Crippen molar-refractivity contribution >= 4 is 16.0 Å². The van der Waals surface area contributed by atoms with Crippen molar-refractivity contribution in [2.75, 3.05) is 40.5 Å². The zero-order chi connectivity index (χ0) is 15.9. The minimum absolute atomic E-state index is 0.189. The zero-order valence-corrected chi connectivity index (χ0v) is 13.5. The van der Waals surface area contributed by atoms with Gasteiger partial charge in [-0.25, -0.2) is 8.42 Å². The van der Waals surface area contributed by atoms with Crippen LogP contribution in [0.4, 0.5) is 0 Å². The Morgan fingerprint density at radius 3 is 2.24 bits per heavy atom. The standard InChI is InChI=1S/C13H25NO6S/c1-19-8-6-14(7-9-20-2)21(17,18)12-5-3-4-11(10-12)13(15)16/h11-12H,3-10H2,1-2H3,(H,15,16). The minimum Gasteiger partial charge on any atom is -0.481 e. The van der Waals surface area contributed by atoms with Crippen LogP contribution in [0.2, 0.25) is 0 Å². The third kappa shape index (κ3) is 5.21. The lowest BCUT2D eigenvalue weighted by Crippen LogP contribution is -2.44. The van der Waals surface area contributed by atoms with Crippen molar-refractivity contribution in [1.82, 2.24) is 4.31 Å². The molecule has 7 nitrogen and oxygen atoms in total. The summed E-state index contributed by atoms with van der Waals surface area (Å²) in [6.07, 6.45) is 1.89. The number of methoxy groups -OCH3 is 2. The van der Waals surface area contributed by atoms with Gasteiger partial charge in [-0.05, 0) is 19.3 Å². The van der Waals surface area contributed by atoms with E-state index in [2.05, 4.69) is 0 Å². The van der Waals surface area contributed by atoms with E-state index in [4.69, 9.17) is 14.6 Å². The van der Waals surface area contributed by atoms with Crippen molar-refractivity contribution in [2.24, 2.45) is 5.92 Å². The molecule has 0 aromatic rings. The Bertz CT molecular complexity index is 416. The molecule has 0 bridgehead atoms. The molecule has 0 aromatic carbocycles. The third-order valence-electron chi connectivity index (χ3n) is 3.85. The fourth-order valence-corrected chi connectivity index (χ4v) is 4.62. The number of aliphatic carboxylic acids is 1. The molecular weight excluding hydrogens is 298 g/mol. The molecular formula is C13H25NO6S. The first-order valence-electron chi connectivity index (χ1n) is 7.13. The van der Waals surface area contributed by atoms with Crippen LogP contribution in [0.3, 0.4) is 0 Å².